The molecule has 1 amide bonds. The van der Waals surface area contributed by atoms with Gasteiger partial charge < -0.3 is 9.84 Å². The van der Waals surface area contributed by atoms with E-state index in [2.05, 4.69) is 20.4 Å². The first-order valence-corrected chi connectivity index (χ1v) is 7.47. The summed E-state index contributed by atoms with van der Waals surface area (Å²) in [6.07, 6.45) is 0.762. The first-order chi connectivity index (χ1) is 10.5. The molecule has 1 aromatic heterocycles. The highest BCUT2D eigenvalue weighted by Gasteiger charge is 2.34. The summed E-state index contributed by atoms with van der Waals surface area (Å²) in [7, 11) is 1.98. The van der Waals surface area contributed by atoms with Gasteiger partial charge in [0.15, 0.2) is 0 Å². The van der Waals surface area contributed by atoms with E-state index in [0.717, 1.165) is 18.5 Å². The van der Waals surface area contributed by atoms with E-state index in [4.69, 9.17) is 16.1 Å². The van der Waals surface area contributed by atoms with Gasteiger partial charge >= 0.3 is 0 Å². The fourth-order valence-electron chi connectivity index (χ4n) is 2.77. The van der Waals surface area contributed by atoms with E-state index in [-0.39, 0.29) is 18.0 Å². The molecule has 0 aliphatic carbocycles. The number of amides is 1. The molecule has 3 rings (SSSR count). The maximum Gasteiger partial charge on any atom is 0.244 e. The van der Waals surface area contributed by atoms with E-state index in [1.54, 1.807) is 12.1 Å². The van der Waals surface area contributed by atoms with Crippen LogP contribution in [0.15, 0.2) is 28.8 Å². The molecular weight excluding hydrogens is 304 g/mol. The van der Waals surface area contributed by atoms with Gasteiger partial charge in [0.05, 0.1) is 6.04 Å². The monoisotopic (exact) mass is 320 g/mol. The quantitative estimate of drug-likeness (QED) is 0.939. The molecule has 2 atom stereocenters. The van der Waals surface area contributed by atoms with Crippen LogP contribution in [-0.4, -0.2) is 40.6 Å². The number of carbonyl (C=O) groups excluding carboxylic acids is 1. The number of rotatable bonds is 3. The summed E-state index contributed by atoms with van der Waals surface area (Å²) in [6, 6.07) is 7.43. The standard InChI is InChI=1S/C15H17ClN4O2/c1-9(21)17-12-7-13(20(2)8-12)15-18-14(19-22-15)10-3-5-11(16)6-4-10/h3-6,12-13H,7-8H2,1-2H3,(H,17,21)/t12-,13-/m0/s1. The van der Waals surface area contributed by atoms with Crippen LogP contribution in [0, 0.1) is 0 Å². The summed E-state index contributed by atoms with van der Waals surface area (Å²) in [5.41, 5.74) is 0.860. The van der Waals surface area contributed by atoms with E-state index in [1.807, 2.05) is 19.2 Å². The Kier molecular flexibility index (Phi) is 4.13. The molecule has 7 heteroatoms. The highest BCUT2D eigenvalue weighted by Crippen LogP contribution is 2.31. The molecule has 0 saturated carbocycles. The second-order valence-electron chi connectivity index (χ2n) is 5.55. The predicted molar refractivity (Wildman–Crippen MR) is 82.3 cm³/mol. The molecule has 2 heterocycles. The first kappa shape index (κ1) is 15.0. The zero-order valence-corrected chi connectivity index (χ0v) is 13.2. The second kappa shape index (κ2) is 6.06. The summed E-state index contributed by atoms with van der Waals surface area (Å²) in [6.45, 7) is 2.29. The zero-order valence-electron chi connectivity index (χ0n) is 12.4. The molecule has 2 aromatic rings. The normalized spacial score (nSPS) is 22.0. The minimum absolute atomic E-state index is 0.0189. The van der Waals surface area contributed by atoms with Crippen LogP contribution >= 0.6 is 11.6 Å². The number of benzene rings is 1. The van der Waals surface area contributed by atoms with Crippen LogP contribution in [0.1, 0.15) is 25.3 Å². The fourth-order valence-corrected chi connectivity index (χ4v) is 2.89. The van der Waals surface area contributed by atoms with Crippen LogP contribution in [0.25, 0.3) is 11.4 Å². The third-order valence-electron chi connectivity index (χ3n) is 3.78. The number of halogens is 1. The molecule has 1 fully saturated rings. The third-order valence-corrected chi connectivity index (χ3v) is 4.04. The maximum atomic E-state index is 11.2. The molecule has 0 radical (unpaired) electrons. The average Bonchev–Trinajstić information content (AvgIpc) is 3.06. The second-order valence-corrected chi connectivity index (χ2v) is 5.99. The third kappa shape index (κ3) is 3.13. The molecule has 0 bridgehead atoms. The number of hydrogen-bond acceptors (Lipinski definition) is 5. The Balaban J connectivity index is 1.76. The molecule has 1 N–H and O–H groups in total. The smallest absolute Gasteiger partial charge is 0.244 e. The van der Waals surface area contributed by atoms with Gasteiger partial charge in [0.1, 0.15) is 0 Å². The molecule has 1 aromatic carbocycles. The van der Waals surface area contributed by atoms with Crippen molar-refractivity contribution in [1.82, 2.24) is 20.4 Å². The maximum absolute atomic E-state index is 11.2. The van der Waals surface area contributed by atoms with E-state index in [9.17, 15) is 4.79 Å². The summed E-state index contributed by atoms with van der Waals surface area (Å²) in [5, 5.41) is 7.64. The van der Waals surface area contributed by atoms with E-state index >= 15 is 0 Å². The lowest BCUT2D eigenvalue weighted by molar-refractivity contribution is -0.119. The molecule has 0 spiro atoms. The van der Waals surface area contributed by atoms with Gasteiger partial charge in [-0.1, -0.05) is 16.8 Å². The number of likely N-dealkylation sites (tertiary alicyclic amines) is 1. The van der Waals surface area contributed by atoms with Crippen molar-refractivity contribution in [2.75, 3.05) is 13.6 Å². The number of aromatic nitrogens is 2. The summed E-state index contributed by atoms with van der Waals surface area (Å²) < 4.78 is 5.41. The fraction of sp³-hybridized carbons (Fsp3) is 0.400. The molecule has 0 unspecified atom stereocenters. The van der Waals surface area contributed by atoms with Crippen molar-refractivity contribution in [3.8, 4) is 11.4 Å². The minimum atomic E-state index is -0.0218. The Morgan fingerprint density at radius 1 is 1.41 bits per heavy atom. The van der Waals surface area contributed by atoms with Gasteiger partial charge in [0, 0.05) is 30.1 Å². The Bertz CT molecular complexity index is 670. The lowest BCUT2D eigenvalue weighted by Crippen LogP contribution is -2.34. The van der Waals surface area contributed by atoms with Crippen LogP contribution < -0.4 is 5.32 Å². The van der Waals surface area contributed by atoms with Crippen LogP contribution in [0.3, 0.4) is 0 Å². The molecular formula is C15H17ClN4O2. The van der Waals surface area contributed by atoms with Crippen LogP contribution in [0.2, 0.25) is 5.02 Å². The Labute approximate surface area is 133 Å². The predicted octanol–water partition coefficient (Wildman–Crippen LogP) is 2.27. The van der Waals surface area contributed by atoms with Crippen molar-refractivity contribution in [2.45, 2.75) is 25.4 Å². The highest BCUT2D eigenvalue weighted by molar-refractivity contribution is 6.30. The molecule has 1 saturated heterocycles. The minimum Gasteiger partial charge on any atom is -0.352 e. The molecule has 116 valence electrons. The number of hydrogen-bond donors (Lipinski definition) is 1. The topological polar surface area (TPSA) is 71.3 Å². The van der Waals surface area contributed by atoms with Gasteiger partial charge in [-0.3, -0.25) is 9.69 Å². The van der Waals surface area contributed by atoms with Crippen LogP contribution in [-0.2, 0) is 4.79 Å². The van der Waals surface area contributed by atoms with Gasteiger partial charge in [0.2, 0.25) is 17.6 Å². The summed E-state index contributed by atoms with van der Waals surface area (Å²) in [4.78, 5) is 17.8. The molecule has 6 nitrogen and oxygen atoms in total. The van der Waals surface area contributed by atoms with Crippen molar-refractivity contribution in [3.05, 3.63) is 35.2 Å². The number of nitrogens with zero attached hydrogens (tertiary/aromatic N) is 3. The number of carbonyl (C=O) groups is 1. The number of nitrogens with one attached hydrogen (secondary N) is 1. The van der Waals surface area contributed by atoms with Crippen molar-refractivity contribution in [1.29, 1.82) is 0 Å². The SMILES string of the molecule is CC(=O)N[C@H]1C[C@@H](c2nc(-c3ccc(Cl)cc3)no2)N(C)C1. The Morgan fingerprint density at radius 3 is 2.82 bits per heavy atom. The van der Waals surface area contributed by atoms with Crippen molar-refractivity contribution in [2.24, 2.45) is 0 Å². The molecule has 22 heavy (non-hydrogen) atoms. The Hall–Kier alpha value is -1.92. The van der Waals surface area contributed by atoms with Crippen molar-refractivity contribution >= 4 is 17.5 Å². The summed E-state index contributed by atoms with van der Waals surface area (Å²) >= 11 is 5.88. The van der Waals surface area contributed by atoms with Crippen molar-refractivity contribution in [3.63, 3.8) is 0 Å². The first-order valence-electron chi connectivity index (χ1n) is 7.10. The largest absolute Gasteiger partial charge is 0.352 e. The lowest BCUT2D eigenvalue weighted by atomic mass is 10.1. The van der Waals surface area contributed by atoms with E-state index < -0.39 is 0 Å². The lowest BCUT2D eigenvalue weighted by Gasteiger charge is -2.13. The van der Waals surface area contributed by atoms with Gasteiger partial charge in [-0.25, -0.2) is 0 Å². The van der Waals surface area contributed by atoms with Gasteiger partial charge in [-0.2, -0.15) is 4.98 Å². The zero-order chi connectivity index (χ0) is 15.7. The van der Waals surface area contributed by atoms with Gasteiger partial charge in [-0.15, -0.1) is 0 Å². The Morgan fingerprint density at radius 2 is 2.14 bits per heavy atom. The molecule has 1 aliphatic heterocycles. The van der Waals surface area contributed by atoms with Crippen LogP contribution in [0.4, 0.5) is 0 Å². The summed E-state index contributed by atoms with van der Waals surface area (Å²) in [5.74, 6) is 1.09. The average molecular weight is 321 g/mol. The molecule has 1 aliphatic rings. The van der Waals surface area contributed by atoms with Crippen molar-refractivity contribution < 1.29 is 9.32 Å². The highest BCUT2D eigenvalue weighted by atomic mass is 35.5. The van der Waals surface area contributed by atoms with E-state index in [1.165, 1.54) is 6.92 Å². The van der Waals surface area contributed by atoms with E-state index in [0.29, 0.717) is 16.7 Å². The van der Waals surface area contributed by atoms with Crippen LogP contribution in [0.5, 0.6) is 0 Å². The van der Waals surface area contributed by atoms with Gasteiger partial charge in [0.25, 0.3) is 0 Å². The van der Waals surface area contributed by atoms with Gasteiger partial charge in [-0.05, 0) is 37.7 Å². The number of likely N-dealkylation sites (N-methyl/N-ethyl adjacent to an activating group) is 1.